The van der Waals surface area contributed by atoms with Gasteiger partial charge in [0, 0.05) is 13.6 Å². The number of rotatable bonds is 5. The Bertz CT molecular complexity index is 474. The van der Waals surface area contributed by atoms with E-state index in [4.69, 9.17) is 10.5 Å². The van der Waals surface area contributed by atoms with Crippen LogP contribution >= 0.6 is 0 Å². The lowest BCUT2D eigenvalue weighted by molar-refractivity contribution is -0.131. The highest BCUT2D eigenvalue weighted by Crippen LogP contribution is 2.23. The number of esters is 1. The van der Waals surface area contributed by atoms with E-state index >= 15 is 0 Å². The summed E-state index contributed by atoms with van der Waals surface area (Å²) in [4.78, 5) is 24.5. The summed E-state index contributed by atoms with van der Waals surface area (Å²) in [5.41, 5.74) is 6.41. The Balaban J connectivity index is 2.77. The summed E-state index contributed by atoms with van der Waals surface area (Å²) in [5.74, 6) is -0.354. The van der Waals surface area contributed by atoms with E-state index in [1.165, 1.54) is 30.2 Å². The van der Waals surface area contributed by atoms with Crippen molar-refractivity contribution in [3.63, 3.8) is 0 Å². The molecule has 1 aromatic carbocycles. The number of benzene rings is 1. The number of ether oxygens (including phenoxy) is 2. The molecule has 6 nitrogen and oxygen atoms in total. The van der Waals surface area contributed by atoms with Crippen LogP contribution in [-0.2, 0) is 9.53 Å². The standard InChI is InChI=1S/C13H18N2O4/c1-4-15(2)12(16)8-19-11-7-9(13(17)18-3)5-6-10(11)14/h5-7H,4,8,14H2,1-3H3. The number of amides is 1. The molecule has 104 valence electrons. The predicted octanol–water partition coefficient (Wildman–Crippen LogP) is 0.912. The lowest BCUT2D eigenvalue weighted by Crippen LogP contribution is -2.31. The first-order valence-electron chi connectivity index (χ1n) is 5.84. The second-order valence-electron chi connectivity index (χ2n) is 3.94. The molecule has 0 unspecified atom stereocenters. The zero-order chi connectivity index (χ0) is 14.4. The highest BCUT2D eigenvalue weighted by molar-refractivity contribution is 5.90. The molecule has 0 spiro atoms. The molecule has 0 radical (unpaired) electrons. The van der Waals surface area contributed by atoms with Crippen LogP contribution in [0.4, 0.5) is 5.69 Å². The molecule has 1 amide bonds. The van der Waals surface area contributed by atoms with Crippen LogP contribution in [0.2, 0.25) is 0 Å². The Morgan fingerprint density at radius 1 is 1.37 bits per heavy atom. The smallest absolute Gasteiger partial charge is 0.337 e. The monoisotopic (exact) mass is 266 g/mol. The van der Waals surface area contributed by atoms with Gasteiger partial charge in [-0.15, -0.1) is 0 Å². The van der Waals surface area contributed by atoms with Crippen LogP contribution in [0.15, 0.2) is 18.2 Å². The van der Waals surface area contributed by atoms with Crippen molar-refractivity contribution in [2.45, 2.75) is 6.92 Å². The number of anilines is 1. The fraction of sp³-hybridized carbons (Fsp3) is 0.385. The molecule has 0 fully saturated rings. The number of hydrogen-bond donors (Lipinski definition) is 1. The first kappa shape index (κ1) is 14.8. The van der Waals surface area contributed by atoms with E-state index in [1.54, 1.807) is 7.05 Å². The van der Waals surface area contributed by atoms with Gasteiger partial charge in [0.05, 0.1) is 18.4 Å². The number of carbonyl (C=O) groups is 2. The summed E-state index contributed by atoms with van der Waals surface area (Å²) in [6.07, 6.45) is 0. The lowest BCUT2D eigenvalue weighted by atomic mass is 10.2. The van der Waals surface area contributed by atoms with Crippen molar-refractivity contribution in [1.29, 1.82) is 0 Å². The summed E-state index contributed by atoms with van der Waals surface area (Å²) in [7, 11) is 2.97. The third-order valence-corrected chi connectivity index (χ3v) is 2.69. The zero-order valence-corrected chi connectivity index (χ0v) is 11.3. The van der Waals surface area contributed by atoms with E-state index in [2.05, 4.69) is 4.74 Å². The minimum atomic E-state index is -0.484. The second kappa shape index (κ2) is 6.63. The third-order valence-electron chi connectivity index (χ3n) is 2.69. The van der Waals surface area contributed by atoms with Crippen molar-refractivity contribution < 1.29 is 19.1 Å². The van der Waals surface area contributed by atoms with Gasteiger partial charge in [-0.1, -0.05) is 0 Å². The van der Waals surface area contributed by atoms with Gasteiger partial charge in [0.2, 0.25) is 0 Å². The fourth-order valence-corrected chi connectivity index (χ4v) is 1.33. The first-order chi connectivity index (χ1) is 8.99. The highest BCUT2D eigenvalue weighted by atomic mass is 16.5. The molecule has 0 heterocycles. The minimum absolute atomic E-state index is 0.126. The van der Waals surface area contributed by atoms with Crippen molar-refractivity contribution in [2.75, 3.05) is 33.0 Å². The van der Waals surface area contributed by atoms with Crippen LogP contribution in [-0.4, -0.2) is 44.1 Å². The number of nitrogen functional groups attached to an aromatic ring is 1. The van der Waals surface area contributed by atoms with Gasteiger partial charge in [-0.05, 0) is 25.1 Å². The van der Waals surface area contributed by atoms with Gasteiger partial charge in [-0.25, -0.2) is 4.79 Å². The highest BCUT2D eigenvalue weighted by Gasteiger charge is 2.12. The molecule has 1 rings (SSSR count). The van der Waals surface area contributed by atoms with Crippen molar-refractivity contribution in [3.8, 4) is 5.75 Å². The molecular weight excluding hydrogens is 248 g/mol. The Hall–Kier alpha value is -2.24. The quantitative estimate of drug-likeness (QED) is 0.633. The van der Waals surface area contributed by atoms with Crippen LogP contribution in [0, 0.1) is 0 Å². The number of likely N-dealkylation sites (N-methyl/N-ethyl adjacent to an activating group) is 1. The Labute approximate surface area is 112 Å². The Morgan fingerprint density at radius 2 is 2.05 bits per heavy atom. The molecule has 0 aromatic heterocycles. The van der Waals surface area contributed by atoms with E-state index in [-0.39, 0.29) is 12.5 Å². The maximum absolute atomic E-state index is 11.6. The van der Waals surface area contributed by atoms with Gasteiger partial charge in [-0.3, -0.25) is 4.79 Å². The van der Waals surface area contributed by atoms with Gasteiger partial charge < -0.3 is 20.1 Å². The molecule has 6 heteroatoms. The summed E-state index contributed by atoms with van der Waals surface area (Å²) >= 11 is 0. The molecule has 0 aliphatic heterocycles. The topological polar surface area (TPSA) is 81.9 Å². The van der Waals surface area contributed by atoms with Crippen LogP contribution in [0.1, 0.15) is 17.3 Å². The van der Waals surface area contributed by atoms with E-state index in [0.29, 0.717) is 23.5 Å². The first-order valence-corrected chi connectivity index (χ1v) is 5.84. The Kier molecular flexibility index (Phi) is 5.17. The second-order valence-corrected chi connectivity index (χ2v) is 3.94. The van der Waals surface area contributed by atoms with Crippen LogP contribution < -0.4 is 10.5 Å². The van der Waals surface area contributed by atoms with Crippen molar-refractivity contribution in [1.82, 2.24) is 4.90 Å². The number of methoxy groups -OCH3 is 1. The number of hydrogen-bond acceptors (Lipinski definition) is 5. The predicted molar refractivity (Wildman–Crippen MR) is 71.0 cm³/mol. The van der Waals surface area contributed by atoms with Gasteiger partial charge in [-0.2, -0.15) is 0 Å². The average Bonchev–Trinajstić information content (AvgIpc) is 2.44. The van der Waals surface area contributed by atoms with Crippen molar-refractivity contribution in [3.05, 3.63) is 23.8 Å². The van der Waals surface area contributed by atoms with Gasteiger partial charge in [0.15, 0.2) is 6.61 Å². The molecule has 0 bridgehead atoms. The largest absolute Gasteiger partial charge is 0.482 e. The molecule has 0 aliphatic rings. The van der Waals surface area contributed by atoms with Crippen LogP contribution in [0.5, 0.6) is 5.75 Å². The average molecular weight is 266 g/mol. The molecular formula is C13H18N2O4. The molecule has 0 saturated heterocycles. The van der Waals surface area contributed by atoms with E-state index < -0.39 is 5.97 Å². The summed E-state index contributed by atoms with van der Waals surface area (Å²) in [5, 5.41) is 0. The summed E-state index contributed by atoms with van der Waals surface area (Å²) in [6, 6.07) is 4.53. The third kappa shape index (κ3) is 3.87. The van der Waals surface area contributed by atoms with E-state index in [0.717, 1.165) is 0 Å². The number of nitrogens with two attached hydrogens (primary N) is 1. The zero-order valence-electron chi connectivity index (χ0n) is 11.3. The number of nitrogens with zero attached hydrogens (tertiary/aromatic N) is 1. The van der Waals surface area contributed by atoms with Crippen molar-refractivity contribution in [2.24, 2.45) is 0 Å². The molecule has 2 N–H and O–H groups in total. The van der Waals surface area contributed by atoms with Gasteiger partial charge in [0.25, 0.3) is 5.91 Å². The van der Waals surface area contributed by atoms with Gasteiger partial charge >= 0.3 is 5.97 Å². The Morgan fingerprint density at radius 3 is 2.63 bits per heavy atom. The summed E-state index contributed by atoms with van der Waals surface area (Å²) in [6.45, 7) is 2.34. The van der Waals surface area contributed by atoms with Gasteiger partial charge in [0.1, 0.15) is 5.75 Å². The van der Waals surface area contributed by atoms with Crippen LogP contribution in [0.25, 0.3) is 0 Å². The fourth-order valence-electron chi connectivity index (χ4n) is 1.33. The molecule has 1 aromatic rings. The molecule has 0 saturated carbocycles. The van der Waals surface area contributed by atoms with Crippen LogP contribution in [0.3, 0.4) is 0 Å². The molecule has 0 atom stereocenters. The lowest BCUT2D eigenvalue weighted by Gasteiger charge is -2.15. The SMILES string of the molecule is CCN(C)C(=O)COc1cc(C(=O)OC)ccc1N. The summed E-state index contributed by atoms with van der Waals surface area (Å²) < 4.78 is 9.93. The molecule has 0 aliphatic carbocycles. The maximum Gasteiger partial charge on any atom is 0.337 e. The minimum Gasteiger partial charge on any atom is -0.482 e. The maximum atomic E-state index is 11.6. The number of carbonyl (C=O) groups excluding carboxylic acids is 2. The van der Waals surface area contributed by atoms with Crippen molar-refractivity contribution >= 4 is 17.6 Å². The molecule has 19 heavy (non-hydrogen) atoms. The van der Waals surface area contributed by atoms with E-state index in [1.807, 2.05) is 6.92 Å². The van der Waals surface area contributed by atoms with E-state index in [9.17, 15) is 9.59 Å². The normalized spacial score (nSPS) is 9.84.